The third-order valence-electron chi connectivity index (χ3n) is 3.09. The molecule has 0 bridgehead atoms. The lowest BCUT2D eigenvalue weighted by Crippen LogP contribution is -2.39. The number of nitrogens with two attached hydrogens (primary N) is 1. The Balaban J connectivity index is 2.13. The van der Waals surface area contributed by atoms with E-state index in [2.05, 4.69) is 12.2 Å². The van der Waals surface area contributed by atoms with Crippen LogP contribution >= 0.6 is 11.8 Å². The van der Waals surface area contributed by atoms with Crippen LogP contribution in [-0.2, 0) is 4.79 Å². The van der Waals surface area contributed by atoms with Gasteiger partial charge in [0.15, 0.2) is 0 Å². The number of nitrogens with one attached hydrogen (secondary N) is 1. The van der Waals surface area contributed by atoms with Crippen molar-refractivity contribution in [3.05, 3.63) is 0 Å². The largest absolute Gasteiger partial charge is 0.353 e. The molecule has 0 radical (unpaired) electrons. The SMILES string of the molecule is CC1CCC(NC(=O)CSCC(C)(C)N)CC1. The van der Waals surface area contributed by atoms with E-state index in [9.17, 15) is 4.79 Å². The maximum Gasteiger partial charge on any atom is 0.230 e. The monoisotopic (exact) mass is 258 g/mol. The van der Waals surface area contributed by atoms with Gasteiger partial charge < -0.3 is 11.1 Å². The van der Waals surface area contributed by atoms with E-state index in [0.717, 1.165) is 24.5 Å². The zero-order valence-corrected chi connectivity index (χ0v) is 12.1. The van der Waals surface area contributed by atoms with Crippen LogP contribution in [-0.4, -0.2) is 29.0 Å². The minimum Gasteiger partial charge on any atom is -0.353 e. The highest BCUT2D eigenvalue weighted by Gasteiger charge is 2.20. The van der Waals surface area contributed by atoms with Gasteiger partial charge in [-0.15, -0.1) is 0 Å². The zero-order valence-electron chi connectivity index (χ0n) is 11.3. The third kappa shape index (κ3) is 6.94. The van der Waals surface area contributed by atoms with Gasteiger partial charge in [-0.25, -0.2) is 0 Å². The van der Waals surface area contributed by atoms with Gasteiger partial charge >= 0.3 is 0 Å². The Morgan fingerprint density at radius 1 is 1.35 bits per heavy atom. The molecule has 0 aromatic carbocycles. The van der Waals surface area contributed by atoms with E-state index < -0.39 is 0 Å². The lowest BCUT2D eigenvalue weighted by molar-refractivity contribution is -0.119. The van der Waals surface area contributed by atoms with E-state index in [0.29, 0.717) is 11.8 Å². The van der Waals surface area contributed by atoms with Crippen molar-refractivity contribution in [3.8, 4) is 0 Å². The molecule has 0 heterocycles. The molecule has 0 aromatic rings. The molecule has 0 atom stereocenters. The normalized spacial score (nSPS) is 25.6. The lowest BCUT2D eigenvalue weighted by Gasteiger charge is -2.27. The van der Waals surface area contributed by atoms with E-state index >= 15 is 0 Å². The molecule has 17 heavy (non-hydrogen) atoms. The fourth-order valence-corrected chi connectivity index (χ4v) is 2.98. The van der Waals surface area contributed by atoms with Crippen LogP contribution in [0.3, 0.4) is 0 Å². The van der Waals surface area contributed by atoms with Gasteiger partial charge in [0, 0.05) is 17.3 Å². The van der Waals surface area contributed by atoms with Crippen molar-refractivity contribution in [2.75, 3.05) is 11.5 Å². The Labute approximate surface area is 109 Å². The fourth-order valence-electron chi connectivity index (χ4n) is 2.08. The van der Waals surface area contributed by atoms with Gasteiger partial charge in [-0.1, -0.05) is 6.92 Å². The predicted molar refractivity (Wildman–Crippen MR) is 75.2 cm³/mol. The molecule has 1 fully saturated rings. The number of carbonyl (C=O) groups is 1. The molecule has 1 aliphatic rings. The van der Waals surface area contributed by atoms with E-state index in [-0.39, 0.29) is 11.4 Å². The second-order valence-electron chi connectivity index (χ2n) is 6.01. The summed E-state index contributed by atoms with van der Waals surface area (Å²) >= 11 is 1.62. The van der Waals surface area contributed by atoms with Crippen molar-refractivity contribution in [2.45, 2.75) is 58.0 Å². The summed E-state index contributed by atoms with van der Waals surface area (Å²) < 4.78 is 0. The molecular weight excluding hydrogens is 232 g/mol. The average Bonchev–Trinajstić information content (AvgIpc) is 2.19. The van der Waals surface area contributed by atoms with Gasteiger partial charge in [-0.2, -0.15) is 11.8 Å². The highest BCUT2D eigenvalue weighted by atomic mass is 32.2. The molecule has 4 heteroatoms. The molecule has 1 rings (SSSR count). The first-order valence-electron chi connectivity index (χ1n) is 6.53. The summed E-state index contributed by atoms with van der Waals surface area (Å²) in [4.78, 5) is 11.7. The van der Waals surface area contributed by atoms with Crippen LogP contribution in [0.2, 0.25) is 0 Å². The van der Waals surface area contributed by atoms with E-state index in [1.54, 1.807) is 11.8 Å². The van der Waals surface area contributed by atoms with Crippen molar-refractivity contribution >= 4 is 17.7 Å². The Kier molecular flexibility index (Phi) is 5.80. The summed E-state index contributed by atoms with van der Waals surface area (Å²) in [5.41, 5.74) is 5.68. The number of rotatable bonds is 5. The summed E-state index contributed by atoms with van der Waals surface area (Å²) in [5, 5.41) is 3.13. The highest BCUT2D eigenvalue weighted by Crippen LogP contribution is 2.23. The lowest BCUT2D eigenvalue weighted by atomic mass is 9.87. The molecule has 0 saturated heterocycles. The quantitative estimate of drug-likeness (QED) is 0.794. The first-order valence-corrected chi connectivity index (χ1v) is 7.68. The van der Waals surface area contributed by atoms with Gasteiger partial charge in [0.05, 0.1) is 5.75 Å². The number of amides is 1. The minimum absolute atomic E-state index is 0.166. The predicted octanol–water partition coefficient (Wildman–Crippen LogP) is 2.15. The van der Waals surface area contributed by atoms with Gasteiger partial charge in [0.2, 0.25) is 5.91 Å². The van der Waals surface area contributed by atoms with Crippen LogP contribution < -0.4 is 11.1 Å². The fraction of sp³-hybridized carbons (Fsp3) is 0.923. The van der Waals surface area contributed by atoms with E-state index in [1.165, 1.54) is 12.8 Å². The van der Waals surface area contributed by atoms with Crippen molar-refractivity contribution in [1.29, 1.82) is 0 Å². The summed E-state index contributed by atoms with van der Waals surface area (Å²) in [6.07, 6.45) is 4.77. The molecule has 1 amide bonds. The number of hydrogen-bond acceptors (Lipinski definition) is 3. The van der Waals surface area contributed by atoms with Gasteiger partial charge in [0.1, 0.15) is 0 Å². The van der Waals surface area contributed by atoms with Crippen molar-refractivity contribution < 1.29 is 4.79 Å². The summed E-state index contributed by atoms with van der Waals surface area (Å²) in [6.45, 7) is 6.26. The average molecular weight is 258 g/mol. The molecular formula is C13H26N2OS. The number of carbonyl (C=O) groups excluding carboxylic acids is 1. The second kappa shape index (κ2) is 6.64. The second-order valence-corrected chi connectivity index (χ2v) is 6.99. The van der Waals surface area contributed by atoms with Crippen LogP contribution in [0.25, 0.3) is 0 Å². The van der Waals surface area contributed by atoms with Crippen molar-refractivity contribution in [3.63, 3.8) is 0 Å². The molecule has 3 N–H and O–H groups in total. The Bertz CT molecular complexity index is 242. The van der Waals surface area contributed by atoms with Crippen LogP contribution in [0.1, 0.15) is 46.5 Å². The molecule has 100 valence electrons. The smallest absolute Gasteiger partial charge is 0.230 e. The van der Waals surface area contributed by atoms with Crippen LogP contribution in [0.15, 0.2) is 0 Å². The molecule has 0 aliphatic heterocycles. The molecule has 0 unspecified atom stereocenters. The molecule has 3 nitrogen and oxygen atoms in total. The Hall–Kier alpha value is -0.220. The first kappa shape index (κ1) is 14.8. The van der Waals surface area contributed by atoms with Crippen molar-refractivity contribution in [1.82, 2.24) is 5.32 Å². The van der Waals surface area contributed by atoms with Crippen LogP contribution in [0.5, 0.6) is 0 Å². The summed E-state index contributed by atoms with van der Waals surface area (Å²) in [5.74, 6) is 2.35. The summed E-state index contributed by atoms with van der Waals surface area (Å²) in [6, 6.07) is 0.408. The molecule has 1 saturated carbocycles. The van der Waals surface area contributed by atoms with E-state index in [4.69, 9.17) is 5.73 Å². The zero-order chi connectivity index (χ0) is 12.9. The number of thioether (sulfide) groups is 1. The summed E-state index contributed by atoms with van der Waals surface area (Å²) in [7, 11) is 0. The maximum atomic E-state index is 11.7. The molecule has 0 spiro atoms. The Morgan fingerprint density at radius 2 is 1.94 bits per heavy atom. The van der Waals surface area contributed by atoms with Crippen molar-refractivity contribution in [2.24, 2.45) is 11.7 Å². The maximum absolute atomic E-state index is 11.7. The topological polar surface area (TPSA) is 55.1 Å². The van der Waals surface area contributed by atoms with Crippen LogP contribution in [0, 0.1) is 5.92 Å². The Morgan fingerprint density at radius 3 is 2.47 bits per heavy atom. The van der Waals surface area contributed by atoms with Gasteiger partial charge in [0.25, 0.3) is 0 Å². The third-order valence-corrected chi connectivity index (χ3v) is 4.50. The van der Waals surface area contributed by atoms with Gasteiger partial charge in [-0.05, 0) is 45.4 Å². The minimum atomic E-state index is -0.189. The molecule has 0 aromatic heterocycles. The van der Waals surface area contributed by atoms with Crippen LogP contribution in [0.4, 0.5) is 0 Å². The molecule has 1 aliphatic carbocycles. The number of hydrogen-bond donors (Lipinski definition) is 2. The standard InChI is InChI=1S/C13H26N2OS/c1-10-4-6-11(7-5-10)15-12(16)8-17-9-13(2,3)14/h10-11H,4-9,14H2,1-3H3,(H,15,16). The first-order chi connectivity index (χ1) is 7.87. The van der Waals surface area contributed by atoms with Gasteiger partial charge in [-0.3, -0.25) is 4.79 Å². The highest BCUT2D eigenvalue weighted by molar-refractivity contribution is 8.00. The van der Waals surface area contributed by atoms with E-state index in [1.807, 2.05) is 13.8 Å².